The van der Waals surface area contributed by atoms with Crippen molar-refractivity contribution in [1.29, 1.82) is 0 Å². The third-order valence-electron chi connectivity index (χ3n) is 3.58. The monoisotopic (exact) mass is 266 g/mol. The fourth-order valence-electron chi connectivity index (χ4n) is 2.51. The first-order valence-electron chi connectivity index (χ1n) is 6.36. The zero-order chi connectivity index (χ0) is 13.8. The van der Waals surface area contributed by atoms with Gasteiger partial charge >= 0.3 is 5.69 Å². The standard InChI is InChI=1S/C13H18N2O4/c1-19-12-7-3-5-10(13(12)15(17)18)14-8-9-4-2-6-11(9)16/h3,5,7,9,11,14,16H,2,4,6,8H2,1H3. The average molecular weight is 266 g/mol. The lowest BCUT2D eigenvalue weighted by Crippen LogP contribution is -2.22. The summed E-state index contributed by atoms with van der Waals surface area (Å²) in [5, 5.41) is 23.9. The normalized spacial score (nSPS) is 22.2. The van der Waals surface area contributed by atoms with Gasteiger partial charge in [0.25, 0.3) is 0 Å². The quantitative estimate of drug-likeness (QED) is 0.630. The molecule has 2 atom stereocenters. The number of hydrogen-bond acceptors (Lipinski definition) is 5. The molecule has 1 aromatic rings. The van der Waals surface area contributed by atoms with Crippen molar-refractivity contribution in [3.63, 3.8) is 0 Å². The second-order valence-electron chi connectivity index (χ2n) is 4.75. The van der Waals surface area contributed by atoms with Gasteiger partial charge in [0, 0.05) is 12.5 Å². The summed E-state index contributed by atoms with van der Waals surface area (Å²) in [6, 6.07) is 4.93. The minimum atomic E-state index is -0.452. The number of rotatable bonds is 5. The minimum Gasteiger partial charge on any atom is -0.490 e. The van der Waals surface area contributed by atoms with Gasteiger partial charge in [0.15, 0.2) is 5.75 Å². The Morgan fingerprint density at radius 3 is 2.89 bits per heavy atom. The van der Waals surface area contributed by atoms with Crippen molar-refractivity contribution in [1.82, 2.24) is 0 Å². The molecule has 0 spiro atoms. The van der Waals surface area contributed by atoms with Crippen LogP contribution in [0.1, 0.15) is 19.3 Å². The molecule has 104 valence electrons. The number of para-hydroxylation sites is 1. The Labute approximate surface area is 111 Å². The number of aliphatic hydroxyl groups excluding tert-OH is 1. The van der Waals surface area contributed by atoms with Crippen molar-refractivity contribution in [2.75, 3.05) is 19.0 Å². The second kappa shape index (κ2) is 5.88. The summed E-state index contributed by atoms with van der Waals surface area (Å²) in [5.41, 5.74) is 0.376. The maximum atomic E-state index is 11.1. The molecule has 1 saturated carbocycles. The van der Waals surface area contributed by atoms with Gasteiger partial charge in [-0.1, -0.05) is 12.5 Å². The Balaban J connectivity index is 2.13. The fraction of sp³-hybridized carbons (Fsp3) is 0.538. The highest BCUT2D eigenvalue weighted by Crippen LogP contribution is 2.35. The summed E-state index contributed by atoms with van der Waals surface area (Å²) in [6.07, 6.45) is 2.46. The molecule has 19 heavy (non-hydrogen) atoms. The third kappa shape index (κ3) is 2.96. The lowest BCUT2D eigenvalue weighted by molar-refractivity contribution is -0.384. The summed E-state index contributed by atoms with van der Waals surface area (Å²) < 4.78 is 5.01. The Hall–Kier alpha value is -1.82. The molecular formula is C13H18N2O4. The molecule has 0 bridgehead atoms. The van der Waals surface area contributed by atoms with E-state index in [1.807, 2.05) is 0 Å². The molecular weight excluding hydrogens is 248 g/mol. The lowest BCUT2D eigenvalue weighted by atomic mass is 10.1. The molecule has 6 heteroatoms. The number of benzene rings is 1. The molecule has 0 saturated heterocycles. The minimum absolute atomic E-state index is 0.0579. The highest BCUT2D eigenvalue weighted by Gasteiger charge is 2.26. The number of anilines is 1. The van der Waals surface area contributed by atoms with Gasteiger partial charge < -0.3 is 15.2 Å². The van der Waals surface area contributed by atoms with Crippen LogP contribution in [-0.2, 0) is 0 Å². The smallest absolute Gasteiger partial charge is 0.333 e. The number of methoxy groups -OCH3 is 1. The molecule has 0 radical (unpaired) electrons. The van der Waals surface area contributed by atoms with E-state index >= 15 is 0 Å². The second-order valence-corrected chi connectivity index (χ2v) is 4.75. The zero-order valence-corrected chi connectivity index (χ0v) is 10.8. The number of aliphatic hydroxyl groups is 1. The van der Waals surface area contributed by atoms with E-state index in [9.17, 15) is 15.2 Å². The molecule has 0 aromatic heterocycles. The van der Waals surface area contributed by atoms with Crippen LogP contribution < -0.4 is 10.1 Å². The van der Waals surface area contributed by atoms with Crippen molar-refractivity contribution in [2.45, 2.75) is 25.4 Å². The van der Waals surface area contributed by atoms with E-state index in [0.29, 0.717) is 12.2 Å². The summed E-state index contributed by atoms with van der Waals surface area (Å²) >= 11 is 0. The highest BCUT2D eigenvalue weighted by atomic mass is 16.6. The van der Waals surface area contributed by atoms with Crippen LogP contribution in [0.4, 0.5) is 11.4 Å². The summed E-state index contributed by atoms with van der Waals surface area (Å²) in [6.45, 7) is 0.537. The maximum Gasteiger partial charge on any atom is 0.333 e. The number of hydrogen-bond donors (Lipinski definition) is 2. The fourth-order valence-corrected chi connectivity index (χ4v) is 2.51. The number of nitro groups is 1. The zero-order valence-electron chi connectivity index (χ0n) is 10.8. The van der Waals surface area contributed by atoms with E-state index in [1.165, 1.54) is 7.11 Å². The molecule has 1 aromatic carbocycles. The first kappa shape index (κ1) is 13.6. The van der Waals surface area contributed by atoms with Crippen LogP contribution in [0.5, 0.6) is 5.75 Å². The Bertz CT molecular complexity index is 464. The number of ether oxygens (including phenoxy) is 1. The van der Waals surface area contributed by atoms with E-state index in [1.54, 1.807) is 18.2 Å². The predicted octanol–water partition coefficient (Wildman–Crippen LogP) is 2.18. The number of nitrogens with zero attached hydrogens (tertiary/aromatic N) is 1. The molecule has 2 unspecified atom stereocenters. The van der Waals surface area contributed by atoms with E-state index in [0.717, 1.165) is 19.3 Å². The van der Waals surface area contributed by atoms with Crippen LogP contribution in [0.2, 0.25) is 0 Å². The molecule has 2 N–H and O–H groups in total. The topological polar surface area (TPSA) is 84.6 Å². The number of nitrogens with one attached hydrogen (secondary N) is 1. The van der Waals surface area contributed by atoms with Crippen LogP contribution >= 0.6 is 0 Å². The van der Waals surface area contributed by atoms with Gasteiger partial charge in [-0.3, -0.25) is 10.1 Å². The molecule has 0 heterocycles. The molecule has 1 aliphatic rings. The van der Waals surface area contributed by atoms with Crippen LogP contribution in [0.25, 0.3) is 0 Å². The van der Waals surface area contributed by atoms with Gasteiger partial charge in [0.2, 0.25) is 0 Å². The first-order valence-corrected chi connectivity index (χ1v) is 6.36. The van der Waals surface area contributed by atoms with Crippen molar-refractivity contribution >= 4 is 11.4 Å². The Morgan fingerprint density at radius 2 is 2.32 bits per heavy atom. The Kier molecular flexibility index (Phi) is 4.21. The third-order valence-corrected chi connectivity index (χ3v) is 3.58. The van der Waals surface area contributed by atoms with Crippen LogP contribution in [0.3, 0.4) is 0 Å². The van der Waals surface area contributed by atoms with E-state index in [4.69, 9.17) is 4.74 Å². The molecule has 1 fully saturated rings. The van der Waals surface area contributed by atoms with E-state index < -0.39 is 4.92 Å². The van der Waals surface area contributed by atoms with Gasteiger partial charge in [-0.05, 0) is 25.0 Å². The highest BCUT2D eigenvalue weighted by molar-refractivity contribution is 5.68. The Morgan fingerprint density at radius 1 is 1.53 bits per heavy atom. The molecule has 1 aliphatic carbocycles. The predicted molar refractivity (Wildman–Crippen MR) is 71.5 cm³/mol. The molecule has 2 rings (SSSR count). The molecule has 0 aliphatic heterocycles. The summed E-state index contributed by atoms with van der Waals surface area (Å²) in [4.78, 5) is 10.6. The van der Waals surface area contributed by atoms with Gasteiger partial charge in [-0.25, -0.2) is 0 Å². The van der Waals surface area contributed by atoms with Crippen molar-refractivity contribution in [3.05, 3.63) is 28.3 Å². The van der Waals surface area contributed by atoms with Crippen molar-refractivity contribution < 1.29 is 14.8 Å². The van der Waals surface area contributed by atoms with Gasteiger partial charge in [-0.2, -0.15) is 0 Å². The van der Waals surface area contributed by atoms with Gasteiger partial charge in [0.05, 0.1) is 18.1 Å². The summed E-state index contributed by atoms with van der Waals surface area (Å²) in [7, 11) is 1.41. The maximum absolute atomic E-state index is 11.1. The van der Waals surface area contributed by atoms with Crippen LogP contribution in [-0.4, -0.2) is 29.8 Å². The van der Waals surface area contributed by atoms with E-state index in [-0.39, 0.29) is 23.5 Å². The molecule has 6 nitrogen and oxygen atoms in total. The SMILES string of the molecule is COc1cccc(NCC2CCCC2O)c1[N+](=O)[O-]. The van der Waals surface area contributed by atoms with E-state index in [2.05, 4.69) is 5.32 Å². The van der Waals surface area contributed by atoms with Crippen LogP contribution in [0.15, 0.2) is 18.2 Å². The largest absolute Gasteiger partial charge is 0.490 e. The summed E-state index contributed by atoms with van der Waals surface area (Å²) in [5.74, 6) is 0.396. The average Bonchev–Trinajstić information content (AvgIpc) is 2.81. The lowest BCUT2D eigenvalue weighted by Gasteiger charge is -2.16. The van der Waals surface area contributed by atoms with Crippen molar-refractivity contribution in [3.8, 4) is 5.75 Å². The number of nitro benzene ring substituents is 1. The molecule has 0 amide bonds. The van der Waals surface area contributed by atoms with Crippen LogP contribution in [0, 0.1) is 16.0 Å². The van der Waals surface area contributed by atoms with Gasteiger partial charge in [-0.15, -0.1) is 0 Å². The van der Waals surface area contributed by atoms with Crippen molar-refractivity contribution in [2.24, 2.45) is 5.92 Å². The first-order chi connectivity index (χ1) is 9.13. The van der Waals surface area contributed by atoms with Gasteiger partial charge in [0.1, 0.15) is 5.69 Å².